The minimum atomic E-state index is -8.02. The fourth-order valence-electron chi connectivity index (χ4n) is 1.65. The maximum atomic E-state index is 14.3. The van der Waals surface area contributed by atoms with E-state index in [4.69, 9.17) is 0 Å². The Kier molecular flexibility index (Phi) is 8.27. The molecule has 35 heavy (non-hydrogen) atoms. The Labute approximate surface area is 181 Å². The van der Waals surface area contributed by atoms with Crippen molar-refractivity contribution in [1.82, 2.24) is 0 Å². The van der Waals surface area contributed by atoms with Crippen LogP contribution in [-0.2, 0) is 19.6 Å². The summed E-state index contributed by atoms with van der Waals surface area (Å²) in [5.74, 6) is -32.4. The lowest BCUT2D eigenvalue weighted by Gasteiger charge is -2.42. The van der Waals surface area contributed by atoms with Crippen molar-refractivity contribution in [3.05, 3.63) is 0 Å². The first-order chi connectivity index (χ1) is 14.6. The zero-order valence-electron chi connectivity index (χ0n) is 16.1. The molecule has 0 heterocycles. The van der Waals surface area contributed by atoms with Crippen molar-refractivity contribution in [3.8, 4) is 0 Å². The van der Waals surface area contributed by atoms with Gasteiger partial charge in [0.1, 0.15) is 0 Å². The number of ether oxygens (including phenoxy) is 2. The van der Waals surface area contributed by atoms with Gasteiger partial charge >= 0.3 is 47.3 Å². The van der Waals surface area contributed by atoms with Crippen LogP contribution in [0.4, 0.5) is 74.6 Å². The minimum absolute atomic E-state index is 0.857. The van der Waals surface area contributed by atoms with Crippen LogP contribution >= 0.6 is 0 Å². The van der Waals surface area contributed by atoms with Crippen LogP contribution in [0.5, 0.6) is 0 Å². The van der Waals surface area contributed by atoms with Gasteiger partial charge in [0.15, 0.2) is 10.1 Å². The molecule has 0 bridgehead atoms. The highest BCUT2D eigenvalue weighted by Crippen LogP contribution is 2.56. The molecule has 0 N–H and O–H groups in total. The summed E-state index contributed by atoms with van der Waals surface area (Å²) in [6.45, 7) is -1.95. The van der Waals surface area contributed by atoms with Crippen LogP contribution in [0.1, 0.15) is 20.3 Å². The van der Waals surface area contributed by atoms with Crippen molar-refractivity contribution < 1.29 is 97.1 Å². The molecule has 0 spiro atoms. The molecule has 0 aromatic rings. The molecule has 2 unspecified atom stereocenters. The summed E-state index contributed by atoms with van der Waals surface area (Å²) in [5, 5.41) is -7.52. The second-order valence-corrected chi connectivity index (χ2v) is 8.11. The predicted molar refractivity (Wildman–Crippen MR) is 71.2 cm³/mol. The number of halogens is 17. The van der Waals surface area contributed by atoms with Crippen LogP contribution in [0.3, 0.4) is 0 Å². The van der Waals surface area contributed by atoms with E-state index < -0.39 is 83.5 Å². The van der Waals surface area contributed by atoms with E-state index >= 15 is 0 Å². The number of alkyl halides is 17. The lowest BCUT2D eigenvalue weighted by atomic mass is 9.99. The molecule has 0 aliphatic carbocycles. The van der Waals surface area contributed by atoms with Crippen molar-refractivity contribution in [1.29, 1.82) is 0 Å². The van der Waals surface area contributed by atoms with Gasteiger partial charge in [0, 0.05) is 13.8 Å². The smallest absolute Gasteiger partial charge is 0.458 e. The van der Waals surface area contributed by atoms with Crippen LogP contribution < -0.4 is 0 Å². The average molecular weight is 587 g/mol. The maximum Gasteiger partial charge on any atom is 0.458 e. The van der Waals surface area contributed by atoms with E-state index in [1.165, 1.54) is 4.74 Å². The summed E-state index contributed by atoms with van der Waals surface area (Å²) >= 11 is 0. The number of hydrogen-bond acceptors (Lipinski definition) is 5. The molecule has 0 amide bonds. The van der Waals surface area contributed by atoms with Crippen LogP contribution in [0.15, 0.2) is 0 Å². The first-order valence-electron chi connectivity index (χ1n) is 7.69. The zero-order chi connectivity index (χ0) is 29.1. The number of hydrogen-bond donors (Lipinski definition) is 0. The standard InChI is InChI=1S/C12H9F17O5S/c1-4(13,14)6(17,18)3-7(19,5(2,15)16)33-10(24,25)8(20,9(21,22)23)34-11(26,27)12(28,29)35(30,31)32/h3H2,1-2H3,(H,30,31,32)/p-1. The van der Waals surface area contributed by atoms with E-state index in [1.807, 2.05) is 4.74 Å². The third-order valence-electron chi connectivity index (χ3n) is 3.70. The first-order valence-corrected chi connectivity index (χ1v) is 9.10. The number of rotatable bonds is 11. The highest BCUT2D eigenvalue weighted by Gasteiger charge is 2.83. The van der Waals surface area contributed by atoms with Gasteiger partial charge in [-0.15, -0.1) is 0 Å². The summed E-state index contributed by atoms with van der Waals surface area (Å²) in [6.07, 6.45) is -27.6. The predicted octanol–water partition coefficient (Wildman–Crippen LogP) is 5.57. The minimum Gasteiger partial charge on any atom is -0.743 e. The highest BCUT2D eigenvalue weighted by atomic mass is 32.2. The Hall–Kier alpha value is -1.36. The molecule has 0 aliphatic heterocycles. The molecule has 2 atom stereocenters. The Morgan fingerprint density at radius 1 is 0.629 bits per heavy atom. The Morgan fingerprint density at radius 2 is 1.00 bits per heavy atom. The monoisotopic (exact) mass is 587 g/mol. The third-order valence-corrected chi connectivity index (χ3v) is 4.56. The SMILES string of the molecule is CC(F)(F)C(F)(F)CC(F)(OC(F)(F)C(F)(OC(F)(F)C(F)(F)S(=O)(=O)[O-])C(F)(F)F)C(C)(F)F. The molecule has 0 saturated carbocycles. The van der Waals surface area contributed by atoms with Gasteiger partial charge in [-0.1, -0.05) is 0 Å². The Bertz CT molecular complexity index is 873. The third kappa shape index (κ3) is 6.14. The molecule has 23 heteroatoms. The van der Waals surface area contributed by atoms with Crippen LogP contribution in [0.2, 0.25) is 0 Å². The van der Waals surface area contributed by atoms with Crippen molar-refractivity contribution >= 4 is 10.1 Å². The van der Waals surface area contributed by atoms with E-state index in [-0.39, 0.29) is 0 Å². The van der Waals surface area contributed by atoms with Gasteiger partial charge in [-0.3, -0.25) is 9.47 Å². The van der Waals surface area contributed by atoms with Crippen molar-refractivity contribution in [2.45, 2.75) is 73.4 Å². The van der Waals surface area contributed by atoms with Crippen LogP contribution in [0, 0.1) is 0 Å². The topological polar surface area (TPSA) is 75.7 Å². The van der Waals surface area contributed by atoms with Crippen molar-refractivity contribution in [3.63, 3.8) is 0 Å². The van der Waals surface area contributed by atoms with Gasteiger partial charge in [0.25, 0.3) is 5.85 Å². The summed E-state index contributed by atoms with van der Waals surface area (Å²) < 4.78 is 259. The molecule has 0 aromatic heterocycles. The van der Waals surface area contributed by atoms with Gasteiger partial charge in [0.2, 0.25) is 0 Å². The quantitative estimate of drug-likeness (QED) is 0.234. The second kappa shape index (κ2) is 8.60. The van der Waals surface area contributed by atoms with Gasteiger partial charge in [-0.25, -0.2) is 30.4 Å². The fraction of sp³-hybridized carbons (Fsp3) is 1.00. The van der Waals surface area contributed by atoms with Crippen molar-refractivity contribution in [2.75, 3.05) is 0 Å². The van der Waals surface area contributed by atoms with Gasteiger partial charge in [0.05, 0.1) is 6.42 Å². The average Bonchev–Trinajstić information content (AvgIpc) is 2.48. The van der Waals surface area contributed by atoms with Gasteiger partial charge in [-0.05, 0) is 0 Å². The second-order valence-electron chi connectivity index (χ2n) is 6.69. The van der Waals surface area contributed by atoms with Gasteiger partial charge < -0.3 is 4.55 Å². The van der Waals surface area contributed by atoms with E-state index in [9.17, 15) is 87.6 Å². The van der Waals surface area contributed by atoms with Crippen LogP contribution in [0.25, 0.3) is 0 Å². The molecule has 0 fully saturated rings. The molecule has 0 rings (SSSR count). The molecule has 0 aromatic carbocycles. The van der Waals surface area contributed by atoms with E-state index in [1.54, 1.807) is 0 Å². The largest absolute Gasteiger partial charge is 0.743 e. The fourth-order valence-corrected chi connectivity index (χ4v) is 1.99. The maximum absolute atomic E-state index is 14.3. The summed E-state index contributed by atoms with van der Waals surface area (Å²) in [4.78, 5) is 0. The highest BCUT2D eigenvalue weighted by molar-refractivity contribution is 7.86. The van der Waals surface area contributed by atoms with Crippen LogP contribution in [-0.4, -0.2) is 66.1 Å². The molecule has 0 saturated heterocycles. The lowest BCUT2D eigenvalue weighted by molar-refractivity contribution is -0.536. The van der Waals surface area contributed by atoms with E-state index in [0.29, 0.717) is 0 Å². The van der Waals surface area contributed by atoms with E-state index in [0.717, 1.165) is 0 Å². The molecular weight excluding hydrogens is 579 g/mol. The molecule has 5 nitrogen and oxygen atoms in total. The lowest BCUT2D eigenvalue weighted by Crippen LogP contribution is -2.67. The normalized spacial score (nSPS) is 19.3. The Balaban J connectivity index is 6.89. The molecule has 212 valence electrons. The zero-order valence-corrected chi connectivity index (χ0v) is 16.9. The Morgan fingerprint density at radius 3 is 1.26 bits per heavy atom. The molecule has 0 aliphatic rings. The van der Waals surface area contributed by atoms with E-state index in [2.05, 4.69) is 0 Å². The van der Waals surface area contributed by atoms with Gasteiger partial charge in [-0.2, -0.15) is 52.7 Å². The van der Waals surface area contributed by atoms with Crippen molar-refractivity contribution in [2.24, 2.45) is 0 Å². The molecule has 0 radical (unpaired) electrons. The summed E-state index contributed by atoms with van der Waals surface area (Å²) in [6, 6.07) is 0. The summed E-state index contributed by atoms with van der Waals surface area (Å²) in [7, 11) is -7.88. The summed E-state index contributed by atoms with van der Waals surface area (Å²) in [5.41, 5.74) is 0. The molecular formula is C12H8F17O5S-. The first kappa shape index (κ1) is 33.6.